The van der Waals surface area contributed by atoms with Gasteiger partial charge in [-0.05, 0) is 36.3 Å². The third-order valence-corrected chi connectivity index (χ3v) is 3.31. The molecule has 1 aliphatic carbocycles. The van der Waals surface area contributed by atoms with Crippen molar-refractivity contribution in [2.24, 2.45) is 11.1 Å². The zero-order valence-corrected chi connectivity index (χ0v) is 8.53. The molecule has 1 aromatic heterocycles. The number of nitrogens with two attached hydrogens (primary N) is 2. The SMILES string of the molecule is CC1(C(N)Cc2cnccc2N)CC1. The second kappa shape index (κ2) is 3.24. The average Bonchev–Trinajstić information content (AvgIpc) is 2.89. The van der Waals surface area contributed by atoms with E-state index in [1.807, 2.05) is 12.3 Å². The van der Waals surface area contributed by atoms with E-state index >= 15 is 0 Å². The summed E-state index contributed by atoms with van der Waals surface area (Å²) in [6, 6.07) is 2.05. The standard InChI is InChI=1S/C11H17N3/c1-11(3-4-11)10(13)6-8-7-14-5-2-9(8)12/h2,5,7,10H,3-4,6,13H2,1H3,(H2,12,14). The van der Waals surface area contributed by atoms with E-state index in [-0.39, 0.29) is 6.04 Å². The Morgan fingerprint density at radius 2 is 2.29 bits per heavy atom. The Bertz CT molecular complexity index is 331. The lowest BCUT2D eigenvalue weighted by molar-refractivity contribution is 0.433. The van der Waals surface area contributed by atoms with Gasteiger partial charge in [-0.3, -0.25) is 4.98 Å². The number of nitrogens with zero attached hydrogens (tertiary/aromatic N) is 1. The summed E-state index contributed by atoms with van der Waals surface area (Å²) in [5.74, 6) is 0. The first-order chi connectivity index (χ1) is 6.62. The Morgan fingerprint density at radius 1 is 1.57 bits per heavy atom. The molecule has 1 saturated carbocycles. The lowest BCUT2D eigenvalue weighted by atomic mass is 9.93. The molecular formula is C11H17N3. The Morgan fingerprint density at radius 3 is 2.86 bits per heavy atom. The fourth-order valence-corrected chi connectivity index (χ4v) is 1.66. The van der Waals surface area contributed by atoms with E-state index in [1.54, 1.807) is 6.20 Å². The Kier molecular flexibility index (Phi) is 2.19. The molecule has 3 nitrogen and oxygen atoms in total. The van der Waals surface area contributed by atoms with Crippen molar-refractivity contribution in [3.8, 4) is 0 Å². The van der Waals surface area contributed by atoms with Gasteiger partial charge in [0.15, 0.2) is 0 Å². The van der Waals surface area contributed by atoms with Gasteiger partial charge in [0.1, 0.15) is 0 Å². The van der Waals surface area contributed by atoms with Crippen molar-refractivity contribution in [2.75, 3.05) is 5.73 Å². The number of rotatable bonds is 3. The smallest absolute Gasteiger partial charge is 0.0378 e. The third kappa shape index (κ3) is 1.73. The first kappa shape index (κ1) is 9.46. The largest absolute Gasteiger partial charge is 0.398 e. The summed E-state index contributed by atoms with van der Waals surface area (Å²) in [5, 5.41) is 0. The molecule has 1 heterocycles. The molecule has 0 aromatic carbocycles. The van der Waals surface area contributed by atoms with Gasteiger partial charge in [0.25, 0.3) is 0 Å². The highest BCUT2D eigenvalue weighted by Gasteiger charge is 2.42. The molecule has 0 radical (unpaired) electrons. The molecule has 4 N–H and O–H groups in total. The van der Waals surface area contributed by atoms with E-state index in [1.165, 1.54) is 12.8 Å². The summed E-state index contributed by atoms with van der Waals surface area (Å²) >= 11 is 0. The summed E-state index contributed by atoms with van der Waals surface area (Å²) in [5.41, 5.74) is 14.2. The summed E-state index contributed by atoms with van der Waals surface area (Å²) in [6.45, 7) is 2.24. The molecule has 3 heteroatoms. The molecule has 1 fully saturated rings. The van der Waals surface area contributed by atoms with E-state index < -0.39 is 0 Å². The zero-order valence-electron chi connectivity index (χ0n) is 8.53. The fraction of sp³-hybridized carbons (Fsp3) is 0.545. The van der Waals surface area contributed by atoms with Crippen molar-refractivity contribution < 1.29 is 0 Å². The highest BCUT2D eigenvalue weighted by molar-refractivity contribution is 5.44. The first-order valence-electron chi connectivity index (χ1n) is 5.06. The van der Waals surface area contributed by atoms with Crippen LogP contribution in [0.25, 0.3) is 0 Å². The average molecular weight is 191 g/mol. The quantitative estimate of drug-likeness (QED) is 0.757. The second-order valence-corrected chi connectivity index (χ2v) is 4.54. The number of nitrogen functional groups attached to an aromatic ring is 1. The number of anilines is 1. The number of aromatic nitrogens is 1. The number of hydrogen-bond donors (Lipinski definition) is 2. The highest BCUT2D eigenvalue weighted by atomic mass is 14.7. The highest BCUT2D eigenvalue weighted by Crippen LogP contribution is 2.48. The number of pyridine rings is 1. The summed E-state index contributed by atoms with van der Waals surface area (Å²) in [4.78, 5) is 4.07. The zero-order chi connectivity index (χ0) is 10.2. The lowest BCUT2D eigenvalue weighted by Crippen LogP contribution is -2.32. The Hall–Kier alpha value is -1.09. The van der Waals surface area contributed by atoms with E-state index in [0.717, 1.165) is 17.7 Å². The predicted octanol–water partition coefficient (Wildman–Crippen LogP) is 1.33. The van der Waals surface area contributed by atoms with Crippen molar-refractivity contribution in [1.29, 1.82) is 0 Å². The van der Waals surface area contributed by atoms with Crippen LogP contribution in [0.5, 0.6) is 0 Å². The van der Waals surface area contributed by atoms with Crippen molar-refractivity contribution in [2.45, 2.75) is 32.2 Å². The van der Waals surface area contributed by atoms with Crippen LogP contribution in [0.3, 0.4) is 0 Å². The van der Waals surface area contributed by atoms with Crippen molar-refractivity contribution in [3.05, 3.63) is 24.0 Å². The molecule has 1 aliphatic rings. The molecule has 1 aromatic rings. The van der Waals surface area contributed by atoms with E-state index in [9.17, 15) is 0 Å². The minimum atomic E-state index is 0.217. The summed E-state index contributed by atoms with van der Waals surface area (Å²) in [6.07, 6.45) is 6.86. The summed E-state index contributed by atoms with van der Waals surface area (Å²) < 4.78 is 0. The molecular weight excluding hydrogens is 174 g/mol. The molecule has 2 rings (SSSR count). The molecule has 0 saturated heterocycles. The van der Waals surface area contributed by atoms with Gasteiger partial charge in [-0.25, -0.2) is 0 Å². The maximum Gasteiger partial charge on any atom is 0.0378 e. The van der Waals surface area contributed by atoms with Crippen molar-refractivity contribution in [3.63, 3.8) is 0 Å². The third-order valence-electron chi connectivity index (χ3n) is 3.31. The van der Waals surface area contributed by atoms with Gasteiger partial charge in [0, 0.05) is 24.1 Å². The van der Waals surface area contributed by atoms with Crippen molar-refractivity contribution in [1.82, 2.24) is 4.98 Å². The van der Waals surface area contributed by atoms with Gasteiger partial charge >= 0.3 is 0 Å². The van der Waals surface area contributed by atoms with Crippen LogP contribution in [0, 0.1) is 5.41 Å². The minimum absolute atomic E-state index is 0.217. The van der Waals surface area contributed by atoms with Gasteiger partial charge < -0.3 is 11.5 Å². The second-order valence-electron chi connectivity index (χ2n) is 4.54. The molecule has 0 bridgehead atoms. The minimum Gasteiger partial charge on any atom is -0.398 e. The van der Waals surface area contributed by atoms with E-state index in [0.29, 0.717) is 5.41 Å². The monoisotopic (exact) mass is 191 g/mol. The van der Waals surface area contributed by atoms with Crippen LogP contribution in [-0.2, 0) is 6.42 Å². The first-order valence-corrected chi connectivity index (χ1v) is 5.06. The molecule has 14 heavy (non-hydrogen) atoms. The maximum atomic E-state index is 6.13. The van der Waals surface area contributed by atoms with Crippen LogP contribution in [0.15, 0.2) is 18.5 Å². The van der Waals surface area contributed by atoms with E-state index in [4.69, 9.17) is 11.5 Å². The molecule has 0 amide bonds. The van der Waals surface area contributed by atoms with Crippen LogP contribution in [0.4, 0.5) is 5.69 Å². The molecule has 1 unspecified atom stereocenters. The van der Waals surface area contributed by atoms with Crippen LogP contribution in [0.1, 0.15) is 25.3 Å². The van der Waals surface area contributed by atoms with Gasteiger partial charge in [-0.15, -0.1) is 0 Å². The van der Waals surface area contributed by atoms with Crippen LogP contribution in [0.2, 0.25) is 0 Å². The summed E-state index contributed by atoms with van der Waals surface area (Å²) in [7, 11) is 0. The Balaban J connectivity index is 2.07. The van der Waals surface area contributed by atoms with Gasteiger partial charge in [-0.2, -0.15) is 0 Å². The molecule has 1 atom stereocenters. The van der Waals surface area contributed by atoms with E-state index in [2.05, 4.69) is 11.9 Å². The normalized spacial score (nSPS) is 20.4. The topological polar surface area (TPSA) is 64.9 Å². The predicted molar refractivity (Wildman–Crippen MR) is 57.7 cm³/mol. The van der Waals surface area contributed by atoms with Gasteiger partial charge in [0.05, 0.1) is 0 Å². The molecule has 0 aliphatic heterocycles. The van der Waals surface area contributed by atoms with Crippen molar-refractivity contribution >= 4 is 5.69 Å². The fourth-order valence-electron chi connectivity index (χ4n) is 1.66. The van der Waals surface area contributed by atoms with Gasteiger partial charge in [-0.1, -0.05) is 6.92 Å². The lowest BCUT2D eigenvalue weighted by Gasteiger charge is -2.19. The number of hydrogen-bond acceptors (Lipinski definition) is 3. The van der Waals surface area contributed by atoms with Crippen LogP contribution >= 0.6 is 0 Å². The van der Waals surface area contributed by atoms with Gasteiger partial charge in [0.2, 0.25) is 0 Å². The maximum absolute atomic E-state index is 6.13. The molecule has 76 valence electrons. The Labute approximate surface area is 84.5 Å². The molecule has 0 spiro atoms. The van der Waals surface area contributed by atoms with Crippen LogP contribution < -0.4 is 11.5 Å². The van der Waals surface area contributed by atoms with Crippen LogP contribution in [-0.4, -0.2) is 11.0 Å².